The molecule has 102 valence electrons. The predicted molar refractivity (Wildman–Crippen MR) is 73.0 cm³/mol. The topological polar surface area (TPSA) is 46.2 Å². The first-order valence-electron chi connectivity index (χ1n) is 7.03. The van der Waals surface area contributed by atoms with Gasteiger partial charge in [0.25, 0.3) is 0 Å². The largest absolute Gasteiger partial charge is 0.314 e. The summed E-state index contributed by atoms with van der Waals surface area (Å²) in [5.41, 5.74) is 0. The van der Waals surface area contributed by atoms with Crippen LogP contribution in [0.4, 0.5) is 0 Å². The van der Waals surface area contributed by atoms with Gasteiger partial charge in [-0.25, -0.2) is 8.42 Å². The SMILES string of the molecule is CCNC(CCCCCS(=O)(=O)CC)C1CC1. The van der Waals surface area contributed by atoms with Crippen molar-refractivity contribution in [2.75, 3.05) is 18.1 Å². The molecule has 3 nitrogen and oxygen atoms in total. The molecular formula is C13H27NO2S. The van der Waals surface area contributed by atoms with E-state index in [0.29, 0.717) is 11.8 Å². The van der Waals surface area contributed by atoms with Crippen LogP contribution in [-0.2, 0) is 9.84 Å². The van der Waals surface area contributed by atoms with Crippen molar-refractivity contribution < 1.29 is 8.42 Å². The average molecular weight is 261 g/mol. The number of unbranched alkanes of at least 4 members (excludes halogenated alkanes) is 2. The van der Waals surface area contributed by atoms with Gasteiger partial charge in [0.05, 0.1) is 5.75 Å². The van der Waals surface area contributed by atoms with E-state index in [0.717, 1.165) is 31.7 Å². The molecule has 0 aromatic heterocycles. The molecule has 1 atom stereocenters. The number of hydrogen-bond acceptors (Lipinski definition) is 3. The number of rotatable bonds is 10. The zero-order valence-corrected chi connectivity index (χ0v) is 12.1. The molecule has 0 aromatic carbocycles. The molecule has 0 spiro atoms. The van der Waals surface area contributed by atoms with Crippen LogP contribution in [0.1, 0.15) is 52.4 Å². The smallest absolute Gasteiger partial charge is 0.150 e. The quantitative estimate of drug-likeness (QED) is 0.614. The summed E-state index contributed by atoms with van der Waals surface area (Å²) in [6, 6.07) is 0.683. The van der Waals surface area contributed by atoms with Gasteiger partial charge in [-0.2, -0.15) is 0 Å². The summed E-state index contributed by atoms with van der Waals surface area (Å²) in [5, 5.41) is 3.54. The summed E-state index contributed by atoms with van der Waals surface area (Å²) < 4.78 is 22.6. The molecule has 1 aliphatic rings. The van der Waals surface area contributed by atoms with Crippen LogP contribution in [-0.4, -0.2) is 32.5 Å². The second kappa shape index (κ2) is 7.37. The molecule has 17 heavy (non-hydrogen) atoms. The van der Waals surface area contributed by atoms with Crippen molar-refractivity contribution in [1.82, 2.24) is 5.32 Å². The maximum Gasteiger partial charge on any atom is 0.150 e. The van der Waals surface area contributed by atoms with Gasteiger partial charge < -0.3 is 5.32 Å². The van der Waals surface area contributed by atoms with Crippen molar-refractivity contribution >= 4 is 9.84 Å². The summed E-state index contributed by atoms with van der Waals surface area (Å²) in [5.74, 6) is 1.56. The molecule has 1 rings (SSSR count). The van der Waals surface area contributed by atoms with E-state index >= 15 is 0 Å². The van der Waals surface area contributed by atoms with E-state index in [2.05, 4.69) is 12.2 Å². The van der Waals surface area contributed by atoms with Crippen LogP contribution in [0.5, 0.6) is 0 Å². The highest BCUT2D eigenvalue weighted by Crippen LogP contribution is 2.34. The van der Waals surface area contributed by atoms with Crippen molar-refractivity contribution in [3.63, 3.8) is 0 Å². The summed E-state index contributed by atoms with van der Waals surface area (Å²) >= 11 is 0. The monoisotopic (exact) mass is 261 g/mol. The minimum Gasteiger partial charge on any atom is -0.314 e. The Labute approximate surface area is 106 Å². The molecule has 0 saturated heterocycles. The second-order valence-corrected chi connectivity index (χ2v) is 7.56. The molecular weight excluding hydrogens is 234 g/mol. The molecule has 1 N–H and O–H groups in total. The van der Waals surface area contributed by atoms with Crippen molar-refractivity contribution in [2.45, 2.75) is 58.4 Å². The lowest BCUT2D eigenvalue weighted by Gasteiger charge is -2.16. The van der Waals surface area contributed by atoms with Gasteiger partial charge in [-0.15, -0.1) is 0 Å². The summed E-state index contributed by atoms with van der Waals surface area (Å²) in [6.45, 7) is 4.93. The minimum absolute atomic E-state index is 0.287. The Morgan fingerprint density at radius 3 is 2.41 bits per heavy atom. The Hall–Kier alpha value is -0.0900. The van der Waals surface area contributed by atoms with E-state index in [1.54, 1.807) is 6.92 Å². The van der Waals surface area contributed by atoms with E-state index < -0.39 is 9.84 Å². The van der Waals surface area contributed by atoms with Crippen LogP contribution in [0.15, 0.2) is 0 Å². The lowest BCUT2D eigenvalue weighted by molar-refractivity contribution is 0.427. The molecule has 0 bridgehead atoms. The molecule has 0 aliphatic heterocycles. The number of nitrogens with one attached hydrogen (secondary N) is 1. The Balaban J connectivity index is 2.06. The van der Waals surface area contributed by atoms with Crippen molar-refractivity contribution in [2.24, 2.45) is 5.92 Å². The minimum atomic E-state index is -2.75. The van der Waals surface area contributed by atoms with Crippen molar-refractivity contribution in [3.8, 4) is 0 Å². The maximum absolute atomic E-state index is 11.3. The zero-order valence-electron chi connectivity index (χ0n) is 11.2. The molecule has 1 fully saturated rings. The first-order chi connectivity index (χ1) is 8.09. The van der Waals surface area contributed by atoms with E-state index in [4.69, 9.17) is 0 Å². The second-order valence-electron chi connectivity index (χ2n) is 5.09. The third-order valence-corrected chi connectivity index (χ3v) is 5.36. The molecule has 0 aromatic rings. The lowest BCUT2D eigenvalue weighted by Crippen LogP contribution is -2.30. The van der Waals surface area contributed by atoms with Crippen LogP contribution >= 0.6 is 0 Å². The third kappa shape index (κ3) is 6.41. The summed E-state index contributed by atoms with van der Waals surface area (Å²) in [7, 11) is -2.75. The van der Waals surface area contributed by atoms with E-state index in [1.807, 2.05) is 0 Å². The molecule has 1 aliphatic carbocycles. The van der Waals surface area contributed by atoms with Crippen LogP contribution < -0.4 is 5.32 Å². The van der Waals surface area contributed by atoms with Crippen molar-refractivity contribution in [1.29, 1.82) is 0 Å². The first-order valence-corrected chi connectivity index (χ1v) is 8.85. The molecule has 0 heterocycles. The third-order valence-electron chi connectivity index (χ3n) is 3.57. The predicted octanol–water partition coefficient (Wildman–Crippen LogP) is 2.37. The molecule has 1 saturated carbocycles. The fourth-order valence-electron chi connectivity index (χ4n) is 2.27. The summed E-state index contributed by atoms with van der Waals surface area (Å²) in [6.07, 6.45) is 7.01. The van der Waals surface area contributed by atoms with E-state index in [-0.39, 0.29) is 5.75 Å². The van der Waals surface area contributed by atoms with Gasteiger partial charge in [-0.1, -0.05) is 26.7 Å². The molecule has 0 amide bonds. The van der Waals surface area contributed by atoms with Gasteiger partial charge >= 0.3 is 0 Å². The Kier molecular flexibility index (Phi) is 6.49. The van der Waals surface area contributed by atoms with E-state index in [1.165, 1.54) is 19.3 Å². The fourth-order valence-corrected chi connectivity index (χ4v) is 3.21. The van der Waals surface area contributed by atoms with Crippen LogP contribution in [0.25, 0.3) is 0 Å². The Morgan fingerprint density at radius 1 is 1.18 bits per heavy atom. The van der Waals surface area contributed by atoms with Gasteiger partial charge in [0, 0.05) is 11.8 Å². The van der Waals surface area contributed by atoms with Gasteiger partial charge in [0.15, 0.2) is 0 Å². The Bertz CT molecular complexity index is 297. The maximum atomic E-state index is 11.3. The number of sulfone groups is 1. The van der Waals surface area contributed by atoms with Crippen LogP contribution in [0.2, 0.25) is 0 Å². The summed E-state index contributed by atoms with van der Waals surface area (Å²) in [4.78, 5) is 0. The highest BCUT2D eigenvalue weighted by molar-refractivity contribution is 7.91. The van der Waals surface area contributed by atoms with Crippen LogP contribution in [0.3, 0.4) is 0 Å². The zero-order chi connectivity index (χ0) is 12.7. The van der Waals surface area contributed by atoms with Gasteiger partial charge in [0.2, 0.25) is 0 Å². The van der Waals surface area contributed by atoms with Gasteiger partial charge in [-0.3, -0.25) is 0 Å². The average Bonchev–Trinajstić information content (AvgIpc) is 3.11. The lowest BCUT2D eigenvalue weighted by atomic mass is 10.0. The van der Waals surface area contributed by atoms with Crippen molar-refractivity contribution in [3.05, 3.63) is 0 Å². The van der Waals surface area contributed by atoms with Crippen LogP contribution in [0, 0.1) is 5.92 Å². The molecule has 0 radical (unpaired) electrons. The highest BCUT2D eigenvalue weighted by atomic mass is 32.2. The normalized spacial score (nSPS) is 18.2. The standard InChI is InChI=1S/C13H27NO2S/c1-3-14-13(12-9-10-12)8-6-5-7-11-17(15,16)4-2/h12-14H,3-11H2,1-2H3. The molecule has 4 heteroatoms. The first kappa shape index (κ1) is 15.0. The van der Waals surface area contributed by atoms with Gasteiger partial charge in [-0.05, 0) is 38.1 Å². The Morgan fingerprint density at radius 2 is 1.88 bits per heavy atom. The highest BCUT2D eigenvalue weighted by Gasteiger charge is 2.29. The van der Waals surface area contributed by atoms with Gasteiger partial charge in [0.1, 0.15) is 9.84 Å². The molecule has 1 unspecified atom stereocenters. The number of hydrogen-bond donors (Lipinski definition) is 1. The van der Waals surface area contributed by atoms with E-state index in [9.17, 15) is 8.42 Å². The fraction of sp³-hybridized carbons (Fsp3) is 1.00.